The molecule has 3 rings (SSSR count). The minimum Gasteiger partial charge on any atom is -0.347 e. The standard InChI is InChI=1S/C15H17N5/c1-12(17-9-14-8-16-11-18-14)13-7-19-20(10-13)15-5-3-2-4-6-15/h2-8,10-12,17H,9H2,1H3,(H,16,18). The van der Waals surface area contributed by atoms with Crippen molar-refractivity contribution >= 4 is 0 Å². The Morgan fingerprint density at radius 1 is 1.25 bits per heavy atom. The van der Waals surface area contributed by atoms with Crippen LogP contribution in [0.3, 0.4) is 0 Å². The van der Waals surface area contributed by atoms with Crippen molar-refractivity contribution in [1.29, 1.82) is 0 Å². The van der Waals surface area contributed by atoms with Crippen LogP contribution in [0.25, 0.3) is 5.69 Å². The van der Waals surface area contributed by atoms with E-state index in [0.29, 0.717) is 0 Å². The highest BCUT2D eigenvalue weighted by Crippen LogP contribution is 2.14. The van der Waals surface area contributed by atoms with E-state index in [4.69, 9.17) is 0 Å². The molecule has 0 saturated carbocycles. The van der Waals surface area contributed by atoms with Gasteiger partial charge in [-0.2, -0.15) is 5.10 Å². The molecular formula is C15H17N5. The third-order valence-electron chi connectivity index (χ3n) is 3.28. The first-order valence-electron chi connectivity index (χ1n) is 6.63. The summed E-state index contributed by atoms with van der Waals surface area (Å²) in [6, 6.07) is 10.3. The fourth-order valence-corrected chi connectivity index (χ4v) is 2.04. The van der Waals surface area contributed by atoms with Crippen LogP contribution in [-0.2, 0) is 6.54 Å². The number of benzene rings is 1. The molecule has 0 bridgehead atoms. The summed E-state index contributed by atoms with van der Waals surface area (Å²) in [5.41, 5.74) is 3.31. The van der Waals surface area contributed by atoms with Crippen molar-refractivity contribution in [2.24, 2.45) is 0 Å². The first-order chi connectivity index (χ1) is 9.83. The third-order valence-corrected chi connectivity index (χ3v) is 3.28. The van der Waals surface area contributed by atoms with Crippen molar-refractivity contribution in [1.82, 2.24) is 25.1 Å². The Labute approximate surface area is 117 Å². The van der Waals surface area contributed by atoms with Crippen LogP contribution in [-0.4, -0.2) is 19.7 Å². The number of nitrogens with one attached hydrogen (secondary N) is 2. The average Bonchev–Trinajstić information content (AvgIpc) is 3.17. The number of para-hydroxylation sites is 1. The topological polar surface area (TPSA) is 58.5 Å². The first kappa shape index (κ1) is 12.6. The lowest BCUT2D eigenvalue weighted by atomic mass is 10.2. The fourth-order valence-electron chi connectivity index (χ4n) is 2.04. The number of hydrogen-bond donors (Lipinski definition) is 2. The van der Waals surface area contributed by atoms with Gasteiger partial charge in [0.2, 0.25) is 0 Å². The Balaban J connectivity index is 1.67. The molecule has 1 unspecified atom stereocenters. The van der Waals surface area contributed by atoms with E-state index >= 15 is 0 Å². The first-order valence-corrected chi connectivity index (χ1v) is 6.63. The van der Waals surface area contributed by atoms with Gasteiger partial charge in [-0.25, -0.2) is 9.67 Å². The van der Waals surface area contributed by atoms with Gasteiger partial charge in [0.15, 0.2) is 0 Å². The molecule has 0 fully saturated rings. The highest BCUT2D eigenvalue weighted by molar-refractivity contribution is 5.31. The molecule has 20 heavy (non-hydrogen) atoms. The Hall–Kier alpha value is -2.40. The summed E-state index contributed by atoms with van der Waals surface area (Å²) < 4.78 is 1.89. The predicted octanol–water partition coefficient (Wildman–Crippen LogP) is 2.45. The van der Waals surface area contributed by atoms with Crippen LogP contribution in [0.5, 0.6) is 0 Å². The van der Waals surface area contributed by atoms with Crippen molar-refractivity contribution in [2.75, 3.05) is 0 Å². The second-order valence-electron chi connectivity index (χ2n) is 4.73. The van der Waals surface area contributed by atoms with Crippen molar-refractivity contribution in [3.8, 4) is 5.69 Å². The maximum atomic E-state index is 4.41. The van der Waals surface area contributed by atoms with Gasteiger partial charge in [-0.1, -0.05) is 18.2 Å². The number of hydrogen-bond acceptors (Lipinski definition) is 3. The van der Waals surface area contributed by atoms with Crippen LogP contribution in [0, 0.1) is 0 Å². The fraction of sp³-hybridized carbons (Fsp3) is 0.200. The maximum Gasteiger partial charge on any atom is 0.0922 e. The van der Waals surface area contributed by atoms with E-state index < -0.39 is 0 Å². The smallest absolute Gasteiger partial charge is 0.0922 e. The van der Waals surface area contributed by atoms with Gasteiger partial charge >= 0.3 is 0 Å². The summed E-state index contributed by atoms with van der Waals surface area (Å²) in [6.07, 6.45) is 7.47. The summed E-state index contributed by atoms with van der Waals surface area (Å²) in [6.45, 7) is 2.89. The minimum atomic E-state index is 0.232. The van der Waals surface area contributed by atoms with E-state index in [1.54, 1.807) is 6.33 Å². The Kier molecular flexibility index (Phi) is 3.60. The van der Waals surface area contributed by atoms with Gasteiger partial charge in [0.1, 0.15) is 0 Å². The zero-order chi connectivity index (χ0) is 13.8. The van der Waals surface area contributed by atoms with Gasteiger partial charge in [-0.3, -0.25) is 0 Å². The number of aromatic nitrogens is 4. The molecule has 0 aliphatic rings. The summed E-state index contributed by atoms with van der Waals surface area (Å²) in [5.74, 6) is 0. The van der Waals surface area contributed by atoms with Gasteiger partial charge < -0.3 is 10.3 Å². The lowest BCUT2D eigenvalue weighted by molar-refractivity contribution is 0.569. The molecule has 102 valence electrons. The van der Waals surface area contributed by atoms with Crippen LogP contribution >= 0.6 is 0 Å². The number of aromatic amines is 1. The molecule has 1 atom stereocenters. The molecular weight excluding hydrogens is 250 g/mol. The second-order valence-corrected chi connectivity index (χ2v) is 4.73. The monoisotopic (exact) mass is 267 g/mol. The van der Waals surface area contributed by atoms with Gasteiger partial charge in [0.25, 0.3) is 0 Å². The molecule has 2 aromatic heterocycles. The van der Waals surface area contributed by atoms with E-state index in [-0.39, 0.29) is 6.04 Å². The number of rotatable bonds is 5. The quantitative estimate of drug-likeness (QED) is 0.746. The Morgan fingerprint density at radius 3 is 2.85 bits per heavy atom. The van der Waals surface area contributed by atoms with E-state index in [1.165, 1.54) is 0 Å². The van der Waals surface area contributed by atoms with Gasteiger partial charge in [-0.15, -0.1) is 0 Å². The van der Waals surface area contributed by atoms with Crippen molar-refractivity contribution in [2.45, 2.75) is 19.5 Å². The normalized spacial score (nSPS) is 12.4. The van der Waals surface area contributed by atoms with Crippen LogP contribution in [0.1, 0.15) is 24.2 Å². The Morgan fingerprint density at radius 2 is 2.10 bits per heavy atom. The summed E-state index contributed by atoms with van der Waals surface area (Å²) in [5, 5.41) is 7.85. The molecule has 0 radical (unpaired) electrons. The predicted molar refractivity (Wildman–Crippen MR) is 77.4 cm³/mol. The average molecular weight is 267 g/mol. The van der Waals surface area contributed by atoms with Crippen LogP contribution in [0.2, 0.25) is 0 Å². The van der Waals surface area contributed by atoms with E-state index in [1.807, 2.05) is 47.4 Å². The molecule has 0 amide bonds. The van der Waals surface area contributed by atoms with Crippen LogP contribution < -0.4 is 5.32 Å². The molecule has 1 aromatic carbocycles. The second kappa shape index (κ2) is 5.71. The third kappa shape index (κ3) is 2.78. The molecule has 5 heteroatoms. The molecule has 0 aliphatic carbocycles. The van der Waals surface area contributed by atoms with Crippen molar-refractivity contribution < 1.29 is 0 Å². The van der Waals surface area contributed by atoms with Crippen LogP contribution in [0.4, 0.5) is 0 Å². The number of nitrogens with zero attached hydrogens (tertiary/aromatic N) is 3. The largest absolute Gasteiger partial charge is 0.347 e. The Bertz CT molecular complexity index is 642. The van der Waals surface area contributed by atoms with Gasteiger partial charge in [0, 0.05) is 36.2 Å². The molecule has 2 N–H and O–H groups in total. The number of imidazole rings is 1. The molecule has 5 nitrogen and oxygen atoms in total. The highest BCUT2D eigenvalue weighted by atomic mass is 15.3. The lowest BCUT2D eigenvalue weighted by Crippen LogP contribution is -2.17. The van der Waals surface area contributed by atoms with Crippen molar-refractivity contribution in [3.63, 3.8) is 0 Å². The van der Waals surface area contributed by atoms with Crippen molar-refractivity contribution in [3.05, 3.63) is 66.5 Å². The summed E-state index contributed by atoms with van der Waals surface area (Å²) in [4.78, 5) is 7.09. The minimum absolute atomic E-state index is 0.232. The van der Waals surface area contributed by atoms with Gasteiger partial charge in [0.05, 0.1) is 18.2 Å². The maximum absolute atomic E-state index is 4.41. The molecule has 0 saturated heterocycles. The lowest BCUT2D eigenvalue weighted by Gasteiger charge is -2.10. The molecule has 0 spiro atoms. The highest BCUT2D eigenvalue weighted by Gasteiger charge is 2.08. The van der Waals surface area contributed by atoms with Crippen LogP contribution in [0.15, 0.2) is 55.2 Å². The number of H-pyrrole nitrogens is 1. The van der Waals surface area contributed by atoms with Gasteiger partial charge in [-0.05, 0) is 19.1 Å². The molecule has 3 aromatic rings. The van der Waals surface area contributed by atoms with E-state index in [0.717, 1.165) is 23.5 Å². The van der Waals surface area contributed by atoms with E-state index in [9.17, 15) is 0 Å². The van der Waals surface area contributed by atoms with E-state index in [2.05, 4.69) is 33.5 Å². The summed E-state index contributed by atoms with van der Waals surface area (Å²) in [7, 11) is 0. The molecule has 2 heterocycles. The summed E-state index contributed by atoms with van der Waals surface area (Å²) >= 11 is 0. The SMILES string of the molecule is CC(NCc1cnc[nH]1)c1cnn(-c2ccccc2)c1. The zero-order valence-electron chi connectivity index (χ0n) is 11.3. The molecule has 0 aliphatic heterocycles. The zero-order valence-corrected chi connectivity index (χ0v) is 11.3.